The molecule has 0 radical (unpaired) electrons. The van der Waals surface area contributed by atoms with Crippen LogP contribution in [0.1, 0.15) is 43.1 Å². The highest BCUT2D eigenvalue weighted by molar-refractivity contribution is 5.92. The zero-order valence-electron chi connectivity index (χ0n) is 11.2. The van der Waals surface area contributed by atoms with Crippen LogP contribution in [0.25, 0.3) is 0 Å². The topological polar surface area (TPSA) is 55.1 Å². The van der Waals surface area contributed by atoms with E-state index in [0.717, 1.165) is 13.0 Å². The number of halogens is 1. The number of nitrogens with one attached hydrogen (secondary N) is 1. The summed E-state index contributed by atoms with van der Waals surface area (Å²) in [5.41, 5.74) is 6.03. The summed E-state index contributed by atoms with van der Waals surface area (Å²) in [6.45, 7) is 7.72. The molecule has 100 valence electrons. The van der Waals surface area contributed by atoms with E-state index in [4.69, 9.17) is 5.73 Å². The van der Waals surface area contributed by atoms with E-state index in [9.17, 15) is 9.18 Å². The van der Waals surface area contributed by atoms with Gasteiger partial charge in [0, 0.05) is 24.2 Å². The molecule has 1 aromatic carbocycles. The molecule has 4 heteroatoms. The van der Waals surface area contributed by atoms with Crippen molar-refractivity contribution in [2.75, 3.05) is 6.54 Å². The Hall–Kier alpha value is -1.42. The van der Waals surface area contributed by atoms with Gasteiger partial charge in [0.05, 0.1) is 0 Å². The third kappa shape index (κ3) is 4.11. The SMILES string of the molecule is CCC(C)(C)CNCc1ccc(C(N)=O)cc1F. The molecule has 3 nitrogen and oxygen atoms in total. The van der Waals surface area contributed by atoms with Gasteiger partial charge < -0.3 is 11.1 Å². The fourth-order valence-electron chi connectivity index (χ4n) is 1.50. The number of hydrogen-bond acceptors (Lipinski definition) is 2. The molecule has 0 heterocycles. The highest BCUT2D eigenvalue weighted by Crippen LogP contribution is 2.18. The molecule has 0 unspecified atom stereocenters. The monoisotopic (exact) mass is 252 g/mol. The summed E-state index contributed by atoms with van der Waals surface area (Å²) in [7, 11) is 0. The van der Waals surface area contributed by atoms with Gasteiger partial charge in [-0.1, -0.05) is 26.8 Å². The summed E-state index contributed by atoms with van der Waals surface area (Å²) in [5.74, 6) is -1.01. The molecule has 0 saturated heterocycles. The third-order valence-electron chi connectivity index (χ3n) is 3.21. The minimum Gasteiger partial charge on any atom is -0.366 e. The van der Waals surface area contributed by atoms with Crippen molar-refractivity contribution in [1.82, 2.24) is 5.32 Å². The van der Waals surface area contributed by atoms with E-state index in [-0.39, 0.29) is 11.0 Å². The molecule has 1 aromatic rings. The molecule has 0 aliphatic rings. The van der Waals surface area contributed by atoms with E-state index in [0.29, 0.717) is 12.1 Å². The summed E-state index contributed by atoms with van der Waals surface area (Å²) < 4.78 is 13.7. The van der Waals surface area contributed by atoms with E-state index in [1.54, 1.807) is 12.1 Å². The van der Waals surface area contributed by atoms with Gasteiger partial charge in [0.1, 0.15) is 5.82 Å². The molecule has 0 saturated carbocycles. The Labute approximate surface area is 108 Å². The summed E-state index contributed by atoms with van der Waals surface area (Å²) in [5, 5.41) is 3.23. The Bertz CT molecular complexity index is 430. The number of carbonyl (C=O) groups excluding carboxylic acids is 1. The molecule has 1 rings (SSSR count). The average molecular weight is 252 g/mol. The number of carbonyl (C=O) groups is 1. The Morgan fingerprint density at radius 1 is 1.44 bits per heavy atom. The molecule has 0 spiro atoms. The summed E-state index contributed by atoms with van der Waals surface area (Å²) in [4.78, 5) is 10.9. The van der Waals surface area contributed by atoms with Gasteiger partial charge in [-0.05, 0) is 24.0 Å². The van der Waals surface area contributed by atoms with Crippen molar-refractivity contribution < 1.29 is 9.18 Å². The molecule has 0 aliphatic heterocycles. The lowest BCUT2D eigenvalue weighted by atomic mass is 9.90. The van der Waals surface area contributed by atoms with E-state index in [1.165, 1.54) is 6.07 Å². The zero-order chi connectivity index (χ0) is 13.8. The first-order valence-corrected chi connectivity index (χ1v) is 6.14. The van der Waals surface area contributed by atoms with Crippen LogP contribution in [0, 0.1) is 11.2 Å². The lowest BCUT2D eigenvalue weighted by Gasteiger charge is -2.23. The molecule has 18 heavy (non-hydrogen) atoms. The first kappa shape index (κ1) is 14.6. The Morgan fingerprint density at radius 3 is 2.61 bits per heavy atom. The molecule has 0 atom stereocenters. The van der Waals surface area contributed by atoms with Crippen LogP contribution < -0.4 is 11.1 Å². The van der Waals surface area contributed by atoms with Crippen LogP contribution >= 0.6 is 0 Å². The van der Waals surface area contributed by atoms with Gasteiger partial charge in [-0.3, -0.25) is 4.79 Å². The number of primary amides is 1. The van der Waals surface area contributed by atoms with Gasteiger partial charge in [0.25, 0.3) is 0 Å². The van der Waals surface area contributed by atoms with Crippen LogP contribution in [0.2, 0.25) is 0 Å². The molecule has 0 bridgehead atoms. The molecular weight excluding hydrogens is 231 g/mol. The summed E-state index contributed by atoms with van der Waals surface area (Å²) in [6, 6.07) is 4.33. The molecule has 0 fully saturated rings. The summed E-state index contributed by atoms with van der Waals surface area (Å²) in [6.07, 6.45) is 1.06. The van der Waals surface area contributed by atoms with E-state index >= 15 is 0 Å². The van der Waals surface area contributed by atoms with Crippen molar-refractivity contribution in [2.45, 2.75) is 33.7 Å². The second kappa shape index (κ2) is 5.96. The van der Waals surface area contributed by atoms with Gasteiger partial charge in [0.2, 0.25) is 5.91 Å². The van der Waals surface area contributed by atoms with Gasteiger partial charge in [-0.25, -0.2) is 4.39 Å². The Morgan fingerprint density at radius 2 is 2.11 bits per heavy atom. The fraction of sp³-hybridized carbons (Fsp3) is 0.500. The van der Waals surface area contributed by atoms with Crippen molar-refractivity contribution in [2.24, 2.45) is 11.1 Å². The molecule has 1 amide bonds. The number of nitrogens with two attached hydrogens (primary N) is 1. The largest absolute Gasteiger partial charge is 0.366 e. The van der Waals surface area contributed by atoms with Crippen LogP contribution in [0.4, 0.5) is 4.39 Å². The fourth-order valence-corrected chi connectivity index (χ4v) is 1.50. The Kier molecular flexibility index (Phi) is 4.84. The van der Waals surface area contributed by atoms with Gasteiger partial charge in [-0.2, -0.15) is 0 Å². The van der Waals surface area contributed by atoms with Gasteiger partial charge in [0.15, 0.2) is 0 Å². The molecule has 0 aromatic heterocycles. The van der Waals surface area contributed by atoms with Crippen molar-refractivity contribution in [3.05, 3.63) is 35.1 Å². The van der Waals surface area contributed by atoms with E-state index < -0.39 is 11.7 Å². The Balaban J connectivity index is 2.61. The third-order valence-corrected chi connectivity index (χ3v) is 3.21. The molecule has 3 N–H and O–H groups in total. The maximum absolute atomic E-state index is 13.7. The number of benzene rings is 1. The number of rotatable bonds is 6. The van der Waals surface area contributed by atoms with E-state index in [2.05, 4.69) is 26.1 Å². The maximum Gasteiger partial charge on any atom is 0.248 e. The maximum atomic E-state index is 13.7. The molecule has 0 aliphatic carbocycles. The van der Waals surface area contributed by atoms with Crippen LogP contribution in [-0.4, -0.2) is 12.5 Å². The predicted octanol–water partition coefficient (Wildman–Crippen LogP) is 2.45. The minimum atomic E-state index is -0.611. The van der Waals surface area contributed by atoms with Crippen LogP contribution in [-0.2, 0) is 6.54 Å². The van der Waals surface area contributed by atoms with Crippen molar-refractivity contribution in [3.8, 4) is 0 Å². The van der Waals surface area contributed by atoms with Crippen LogP contribution in [0.3, 0.4) is 0 Å². The van der Waals surface area contributed by atoms with Gasteiger partial charge in [-0.15, -0.1) is 0 Å². The normalized spacial score (nSPS) is 11.6. The smallest absolute Gasteiger partial charge is 0.248 e. The highest BCUT2D eigenvalue weighted by atomic mass is 19.1. The molecular formula is C14H21FN2O. The van der Waals surface area contributed by atoms with Crippen molar-refractivity contribution in [1.29, 1.82) is 0 Å². The lowest BCUT2D eigenvalue weighted by molar-refractivity contribution is 0.1000. The van der Waals surface area contributed by atoms with Crippen LogP contribution in [0.5, 0.6) is 0 Å². The second-order valence-electron chi connectivity index (χ2n) is 5.29. The first-order valence-electron chi connectivity index (χ1n) is 6.14. The first-order chi connectivity index (χ1) is 8.35. The predicted molar refractivity (Wildman–Crippen MR) is 70.7 cm³/mol. The van der Waals surface area contributed by atoms with E-state index in [1.807, 2.05) is 0 Å². The standard InChI is InChI=1S/C14H21FN2O/c1-4-14(2,3)9-17-8-11-6-5-10(13(16)18)7-12(11)15/h5-7,17H,4,8-9H2,1-3H3,(H2,16,18). The van der Waals surface area contributed by atoms with Crippen molar-refractivity contribution >= 4 is 5.91 Å². The van der Waals surface area contributed by atoms with Crippen LogP contribution in [0.15, 0.2) is 18.2 Å². The number of amides is 1. The highest BCUT2D eigenvalue weighted by Gasteiger charge is 2.14. The van der Waals surface area contributed by atoms with Gasteiger partial charge >= 0.3 is 0 Å². The lowest BCUT2D eigenvalue weighted by Crippen LogP contribution is -2.28. The quantitative estimate of drug-likeness (QED) is 0.817. The average Bonchev–Trinajstić information content (AvgIpc) is 2.31. The minimum absolute atomic E-state index is 0.198. The van der Waals surface area contributed by atoms with Crippen molar-refractivity contribution in [3.63, 3.8) is 0 Å². The number of hydrogen-bond donors (Lipinski definition) is 2. The zero-order valence-corrected chi connectivity index (χ0v) is 11.2. The second-order valence-corrected chi connectivity index (χ2v) is 5.29. The summed E-state index contributed by atoms with van der Waals surface area (Å²) >= 11 is 0.